The predicted molar refractivity (Wildman–Crippen MR) is 136 cm³/mol. The Morgan fingerprint density at radius 2 is 1.77 bits per heavy atom. The average molecular weight is 533 g/mol. The number of carbonyl (C=O) groups excluding carboxylic acids is 1. The van der Waals surface area contributed by atoms with Crippen LogP contribution < -0.4 is 5.32 Å². The summed E-state index contributed by atoms with van der Waals surface area (Å²) in [6, 6.07) is 15.9. The molecular weight excluding hydrogens is 508 g/mol. The number of morpholine rings is 1. The Morgan fingerprint density at radius 3 is 2.43 bits per heavy atom. The number of aromatic nitrogens is 2. The Labute approximate surface area is 214 Å². The second-order valence-corrected chi connectivity index (χ2v) is 11.5. The summed E-state index contributed by atoms with van der Waals surface area (Å²) < 4.78 is 33.1. The van der Waals surface area contributed by atoms with E-state index >= 15 is 0 Å². The first-order chi connectivity index (χ1) is 16.7. The predicted octanol–water partition coefficient (Wildman–Crippen LogP) is 4.47. The van der Waals surface area contributed by atoms with Crippen molar-refractivity contribution >= 4 is 45.0 Å². The molecule has 0 spiro atoms. The lowest BCUT2D eigenvalue weighted by Crippen LogP contribution is -2.48. The van der Waals surface area contributed by atoms with Crippen molar-refractivity contribution in [2.24, 2.45) is 0 Å². The van der Waals surface area contributed by atoms with Crippen molar-refractivity contribution in [3.63, 3.8) is 0 Å². The third kappa shape index (κ3) is 6.39. The van der Waals surface area contributed by atoms with Gasteiger partial charge >= 0.3 is 0 Å². The van der Waals surface area contributed by atoms with Gasteiger partial charge < -0.3 is 10.1 Å². The van der Waals surface area contributed by atoms with Gasteiger partial charge in [0.15, 0.2) is 10.9 Å². The van der Waals surface area contributed by atoms with Crippen molar-refractivity contribution in [3.05, 3.63) is 77.1 Å². The molecule has 1 amide bonds. The molecule has 2 atom stereocenters. The Morgan fingerprint density at radius 1 is 1.11 bits per heavy atom. The maximum Gasteiger partial charge on any atom is 0.275 e. The lowest BCUT2D eigenvalue weighted by atomic mass is 10.2. The second-order valence-electron chi connectivity index (χ2n) is 8.18. The number of hydrogen-bond acceptors (Lipinski definition) is 7. The van der Waals surface area contributed by atoms with Crippen molar-refractivity contribution in [1.82, 2.24) is 14.3 Å². The van der Waals surface area contributed by atoms with Crippen molar-refractivity contribution in [2.45, 2.75) is 41.9 Å². The first-order valence-electron chi connectivity index (χ1n) is 11.0. The van der Waals surface area contributed by atoms with E-state index in [4.69, 9.17) is 16.3 Å². The van der Waals surface area contributed by atoms with Crippen LogP contribution in [0.1, 0.15) is 29.9 Å². The van der Waals surface area contributed by atoms with E-state index in [1.165, 1.54) is 46.5 Å². The summed E-state index contributed by atoms with van der Waals surface area (Å²) >= 11 is 7.58. The Kier molecular flexibility index (Phi) is 8.08. The minimum Gasteiger partial charge on any atom is -0.373 e. The standard InChI is InChI=1S/C24H25ClN4O4S2/c1-16-13-29(14-17(2)33-16)35(31,32)20-10-8-19(9-11-20)27-23(30)22-21(25)12-26-24(28-22)34-15-18-6-4-3-5-7-18/h3-12,16-17H,13-15H2,1-2H3,(H,27,30)/t16-,17+. The van der Waals surface area contributed by atoms with Crippen LogP contribution in [0.15, 0.2) is 70.8 Å². The summed E-state index contributed by atoms with van der Waals surface area (Å²) in [7, 11) is -3.67. The van der Waals surface area contributed by atoms with Gasteiger partial charge in [-0.1, -0.05) is 53.7 Å². The lowest BCUT2D eigenvalue weighted by Gasteiger charge is -2.34. The van der Waals surface area contributed by atoms with Crippen LogP contribution in [0.25, 0.3) is 0 Å². The first-order valence-corrected chi connectivity index (χ1v) is 13.8. The number of ether oxygens (including phenoxy) is 1. The Bertz CT molecular complexity index is 1280. The van der Waals surface area contributed by atoms with Gasteiger partial charge in [-0.2, -0.15) is 4.31 Å². The molecule has 11 heteroatoms. The van der Waals surface area contributed by atoms with Gasteiger partial charge in [0, 0.05) is 24.5 Å². The molecule has 0 bridgehead atoms. The van der Waals surface area contributed by atoms with Crippen LogP contribution in [0, 0.1) is 0 Å². The highest BCUT2D eigenvalue weighted by molar-refractivity contribution is 7.98. The molecule has 2 aromatic carbocycles. The molecule has 184 valence electrons. The number of sulfonamides is 1. The van der Waals surface area contributed by atoms with E-state index in [2.05, 4.69) is 15.3 Å². The van der Waals surface area contributed by atoms with E-state index < -0.39 is 15.9 Å². The number of anilines is 1. The molecule has 3 aromatic rings. The topological polar surface area (TPSA) is 101 Å². The zero-order valence-electron chi connectivity index (χ0n) is 19.2. The van der Waals surface area contributed by atoms with Gasteiger partial charge in [-0.05, 0) is 43.7 Å². The fourth-order valence-corrected chi connectivity index (χ4v) is 6.22. The van der Waals surface area contributed by atoms with E-state index in [-0.39, 0.29) is 27.8 Å². The van der Waals surface area contributed by atoms with Gasteiger partial charge in [-0.3, -0.25) is 4.79 Å². The number of halogens is 1. The maximum absolute atomic E-state index is 13.0. The molecule has 2 heterocycles. The third-order valence-corrected chi connectivity index (χ3v) is 8.34. The summed E-state index contributed by atoms with van der Waals surface area (Å²) in [5.74, 6) is 0.144. The molecule has 35 heavy (non-hydrogen) atoms. The summed E-state index contributed by atoms with van der Waals surface area (Å²) in [4.78, 5) is 21.5. The van der Waals surface area contributed by atoms with Crippen molar-refractivity contribution < 1.29 is 17.9 Å². The van der Waals surface area contributed by atoms with Crippen molar-refractivity contribution in [1.29, 1.82) is 0 Å². The Hall–Kier alpha value is -2.50. The van der Waals surface area contributed by atoms with Gasteiger partial charge in [0.05, 0.1) is 28.3 Å². The van der Waals surface area contributed by atoms with Crippen LogP contribution in [-0.2, 0) is 20.5 Å². The summed E-state index contributed by atoms with van der Waals surface area (Å²) in [5, 5.41) is 3.28. The smallest absolute Gasteiger partial charge is 0.275 e. The van der Waals surface area contributed by atoms with Crippen LogP contribution in [0.2, 0.25) is 5.02 Å². The average Bonchev–Trinajstić information content (AvgIpc) is 2.84. The molecule has 0 saturated carbocycles. The molecule has 1 aliphatic rings. The fourth-order valence-electron chi connectivity index (χ4n) is 3.68. The van der Waals surface area contributed by atoms with Crippen LogP contribution >= 0.6 is 23.4 Å². The van der Waals surface area contributed by atoms with E-state index in [1.807, 2.05) is 44.2 Å². The highest BCUT2D eigenvalue weighted by Gasteiger charge is 2.32. The van der Waals surface area contributed by atoms with Gasteiger partial charge in [0.2, 0.25) is 10.0 Å². The largest absolute Gasteiger partial charge is 0.373 e. The second kappa shape index (κ2) is 11.0. The van der Waals surface area contributed by atoms with Crippen LogP contribution in [0.4, 0.5) is 5.69 Å². The number of hydrogen-bond donors (Lipinski definition) is 1. The SMILES string of the molecule is C[C@@H]1CN(S(=O)(=O)c2ccc(NC(=O)c3nc(SCc4ccccc4)ncc3Cl)cc2)C[C@H](C)O1. The minimum absolute atomic E-state index is 0.0465. The number of nitrogens with one attached hydrogen (secondary N) is 1. The van der Waals surface area contributed by atoms with Crippen molar-refractivity contribution in [3.8, 4) is 0 Å². The lowest BCUT2D eigenvalue weighted by molar-refractivity contribution is -0.0440. The van der Waals surface area contributed by atoms with E-state index in [0.29, 0.717) is 29.7 Å². The number of rotatable bonds is 7. The number of thioether (sulfide) groups is 1. The summed E-state index contributed by atoms with van der Waals surface area (Å²) in [6.07, 6.45) is 1.04. The molecule has 1 aromatic heterocycles. The molecule has 0 aliphatic carbocycles. The third-order valence-electron chi connectivity index (χ3n) is 5.28. The molecule has 1 saturated heterocycles. The van der Waals surface area contributed by atoms with Gasteiger partial charge in [-0.15, -0.1) is 0 Å². The number of amides is 1. The number of benzene rings is 2. The fraction of sp³-hybridized carbons (Fsp3) is 0.292. The first kappa shape index (κ1) is 25.6. The van der Waals surface area contributed by atoms with E-state index in [9.17, 15) is 13.2 Å². The van der Waals surface area contributed by atoms with Gasteiger partial charge in [-0.25, -0.2) is 18.4 Å². The van der Waals surface area contributed by atoms with E-state index in [1.54, 1.807) is 0 Å². The molecule has 1 N–H and O–H groups in total. The summed E-state index contributed by atoms with van der Waals surface area (Å²) in [5.41, 5.74) is 1.58. The molecule has 1 aliphatic heterocycles. The van der Waals surface area contributed by atoms with Gasteiger partial charge in [0.25, 0.3) is 5.91 Å². The maximum atomic E-state index is 13.0. The molecule has 1 fully saturated rings. The van der Waals surface area contributed by atoms with Gasteiger partial charge in [0.1, 0.15) is 0 Å². The molecule has 8 nitrogen and oxygen atoms in total. The van der Waals surface area contributed by atoms with Crippen LogP contribution in [-0.4, -0.2) is 53.9 Å². The highest BCUT2D eigenvalue weighted by atomic mass is 35.5. The molecule has 4 rings (SSSR count). The number of nitrogens with zero attached hydrogens (tertiary/aromatic N) is 3. The molecule has 0 radical (unpaired) electrons. The van der Waals surface area contributed by atoms with Crippen LogP contribution in [0.3, 0.4) is 0 Å². The van der Waals surface area contributed by atoms with E-state index in [0.717, 1.165) is 5.56 Å². The zero-order valence-corrected chi connectivity index (χ0v) is 21.6. The summed E-state index contributed by atoms with van der Waals surface area (Å²) in [6.45, 7) is 4.28. The highest BCUT2D eigenvalue weighted by Crippen LogP contribution is 2.25. The molecular formula is C24H25ClN4O4S2. The zero-order chi connectivity index (χ0) is 25.0. The monoisotopic (exact) mass is 532 g/mol. The number of carbonyl (C=O) groups is 1. The molecule has 0 unspecified atom stereocenters. The quantitative estimate of drug-likeness (QED) is 0.354. The van der Waals surface area contributed by atoms with Crippen molar-refractivity contribution in [2.75, 3.05) is 18.4 Å². The normalized spacial score (nSPS) is 18.8. The minimum atomic E-state index is -3.67. The Balaban J connectivity index is 1.43. The van der Waals surface area contributed by atoms with Crippen LogP contribution in [0.5, 0.6) is 0 Å².